The highest BCUT2D eigenvalue weighted by atomic mass is 16.5. The van der Waals surface area contributed by atoms with Gasteiger partial charge in [-0.3, -0.25) is 0 Å². The van der Waals surface area contributed by atoms with E-state index in [4.69, 9.17) is 28.4 Å². The summed E-state index contributed by atoms with van der Waals surface area (Å²) in [6, 6.07) is 31.6. The average molecular weight is 573 g/mol. The van der Waals surface area contributed by atoms with Crippen molar-refractivity contribution in [2.24, 2.45) is 0 Å². The summed E-state index contributed by atoms with van der Waals surface area (Å²) in [5.41, 5.74) is 6.80. The minimum Gasteiger partial charge on any atom is -0.444 e. The molecule has 0 atom stereocenters. The Morgan fingerprint density at radius 2 is 0.545 bits per heavy atom. The van der Waals surface area contributed by atoms with Crippen molar-refractivity contribution in [2.75, 3.05) is 0 Å². The topological polar surface area (TPSA) is 67.2 Å². The Bertz CT molecular complexity index is 2150. The smallest absolute Gasteiger partial charge is 0.279 e. The van der Waals surface area contributed by atoms with Gasteiger partial charge in [0, 0.05) is 11.1 Å². The van der Waals surface area contributed by atoms with E-state index in [9.17, 15) is 0 Å². The molecule has 6 heterocycles. The van der Waals surface area contributed by atoms with Crippen molar-refractivity contribution in [1.82, 2.24) is 9.80 Å². The second-order valence-electron chi connectivity index (χ2n) is 11.3. The van der Waals surface area contributed by atoms with Gasteiger partial charge in [-0.15, -0.1) is 0 Å². The minimum absolute atomic E-state index is 0.675. The highest BCUT2D eigenvalue weighted by molar-refractivity contribution is 6.00. The summed E-state index contributed by atoms with van der Waals surface area (Å²) in [5.74, 6) is 8.54. The van der Waals surface area contributed by atoms with Crippen molar-refractivity contribution >= 4 is 34.1 Å². The van der Waals surface area contributed by atoms with Crippen molar-refractivity contribution < 1.29 is 28.4 Å². The summed E-state index contributed by atoms with van der Waals surface area (Å²) in [7, 11) is 0. The second-order valence-corrected chi connectivity index (χ2v) is 11.3. The van der Waals surface area contributed by atoms with Crippen LogP contribution < -0.4 is 38.2 Å². The lowest BCUT2D eigenvalue weighted by atomic mass is 9.95. The van der Waals surface area contributed by atoms with Crippen LogP contribution in [0.2, 0.25) is 0 Å². The average Bonchev–Trinajstić information content (AvgIpc) is 3.05. The van der Waals surface area contributed by atoms with Gasteiger partial charge in [-0.25, -0.2) is 0 Å². The molecule has 8 nitrogen and oxygen atoms in total. The Balaban J connectivity index is 1.13. The van der Waals surface area contributed by atoms with Crippen molar-refractivity contribution in [3.63, 3.8) is 0 Å². The number of anilines is 6. The van der Waals surface area contributed by atoms with E-state index in [0.29, 0.717) is 34.5 Å². The highest BCUT2D eigenvalue weighted by Gasteiger charge is 2.55. The molecule has 0 N–H and O–H groups in total. The van der Waals surface area contributed by atoms with E-state index in [-0.39, 0.29) is 0 Å². The molecule has 0 bridgehead atoms. The lowest BCUT2D eigenvalue weighted by Gasteiger charge is -2.34. The molecule has 12 rings (SSSR count). The normalized spacial score (nSPS) is 15.7. The van der Waals surface area contributed by atoms with Gasteiger partial charge in [-0.2, -0.15) is 0 Å². The zero-order valence-corrected chi connectivity index (χ0v) is 22.6. The number of ether oxygens (including phenoxy) is 6. The van der Waals surface area contributed by atoms with Crippen LogP contribution in [0.4, 0.5) is 34.1 Å². The molecule has 6 aliphatic rings. The zero-order chi connectivity index (χ0) is 28.3. The fraction of sp³-hybridized carbons (Fsp3) is 0. The molecule has 0 saturated carbocycles. The van der Waals surface area contributed by atoms with Crippen LogP contribution in [-0.2, 0) is 0 Å². The fourth-order valence-electron chi connectivity index (χ4n) is 7.24. The van der Waals surface area contributed by atoms with Gasteiger partial charge in [0.15, 0.2) is 57.5 Å². The monoisotopic (exact) mass is 572 g/mol. The molecule has 0 unspecified atom stereocenters. The maximum atomic E-state index is 6.76. The van der Waals surface area contributed by atoms with Gasteiger partial charge < -0.3 is 28.4 Å². The quantitative estimate of drug-likeness (QED) is 0.182. The molecule has 6 aromatic carbocycles. The molecule has 0 saturated heterocycles. The first kappa shape index (κ1) is 21.7. The van der Waals surface area contributed by atoms with Gasteiger partial charge >= 0.3 is 0 Å². The third kappa shape index (κ3) is 2.39. The van der Waals surface area contributed by atoms with Crippen molar-refractivity contribution in [3.05, 3.63) is 97.1 Å². The van der Waals surface area contributed by atoms with Crippen LogP contribution in [0.5, 0.6) is 69.0 Å². The van der Waals surface area contributed by atoms with Gasteiger partial charge in [-0.05, 0) is 82.6 Å². The van der Waals surface area contributed by atoms with Crippen molar-refractivity contribution in [1.29, 1.82) is 0 Å². The van der Waals surface area contributed by atoms with Crippen molar-refractivity contribution in [3.8, 4) is 80.1 Å². The second kappa shape index (κ2) is 7.15. The number of nitrogens with zero attached hydrogens (tertiary/aromatic N) is 2. The van der Waals surface area contributed by atoms with E-state index >= 15 is 0 Å². The third-order valence-corrected chi connectivity index (χ3v) is 8.97. The van der Waals surface area contributed by atoms with E-state index in [1.54, 1.807) is 0 Å². The molecular formula is C36H16N2O6+2. The molecule has 6 aliphatic heterocycles. The van der Waals surface area contributed by atoms with Crippen LogP contribution in [0.3, 0.4) is 0 Å². The lowest BCUT2D eigenvalue weighted by Crippen LogP contribution is -2.25. The molecule has 0 aromatic heterocycles. The van der Waals surface area contributed by atoms with Crippen LogP contribution in [0.15, 0.2) is 97.1 Å². The number of para-hydroxylation sites is 4. The minimum atomic E-state index is 0.675. The number of rotatable bonds is 1. The standard InChI is InChI=1S/C36H16N2O6/c1-5-19-29-21(7-1)41-27-15-13-17(35-33(27)37(29)31-23(39-19)9-3-11-25(31)43-35)18-14-16-28-34-36(18)44-26-12-4-10-24-32(26)38(34)30-20(40-24)6-2-8-22(30)42-28/h1-16H/q+2. The van der Waals surface area contributed by atoms with E-state index in [0.717, 1.165) is 79.7 Å². The summed E-state index contributed by atoms with van der Waals surface area (Å²) >= 11 is 0. The summed E-state index contributed by atoms with van der Waals surface area (Å²) in [5, 5.41) is 0. The molecule has 0 aliphatic carbocycles. The van der Waals surface area contributed by atoms with Crippen LogP contribution in [0, 0.1) is 0 Å². The van der Waals surface area contributed by atoms with Crippen LogP contribution in [0.1, 0.15) is 0 Å². The predicted octanol–water partition coefficient (Wildman–Crippen LogP) is 10.9. The molecule has 0 fully saturated rings. The molecule has 8 heteroatoms. The van der Waals surface area contributed by atoms with Crippen LogP contribution >= 0.6 is 0 Å². The van der Waals surface area contributed by atoms with Gasteiger partial charge in [0.1, 0.15) is 0 Å². The number of hydrogen-bond acceptors (Lipinski definition) is 8. The molecule has 2 radical (unpaired) electrons. The number of hydrogen-bond donors (Lipinski definition) is 0. The molecule has 204 valence electrons. The first-order valence-electron chi connectivity index (χ1n) is 14.3. The fourth-order valence-corrected chi connectivity index (χ4v) is 7.24. The Morgan fingerprint density at radius 1 is 0.273 bits per heavy atom. The first-order valence-corrected chi connectivity index (χ1v) is 14.3. The van der Waals surface area contributed by atoms with E-state index in [1.165, 1.54) is 0 Å². The van der Waals surface area contributed by atoms with E-state index in [2.05, 4.69) is 9.80 Å². The predicted molar refractivity (Wildman–Crippen MR) is 160 cm³/mol. The van der Waals surface area contributed by atoms with E-state index in [1.807, 2.05) is 97.1 Å². The zero-order valence-electron chi connectivity index (χ0n) is 22.6. The van der Waals surface area contributed by atoms with Gasteiger partial charge in [-0.1, -0.05) is 24.3 Å². The SMILES string of the molecule is c1cc2c3c(c1)Oc1ccc(-c4ccc5c6c4Oc4cccc7c4[N+]6c4c(cccc4O5)O7)c4c1[N+]3c1c(cccc1O4)O2. The Hall–Kier alpha value is -5.96. The molecule has 0 spiro atoms. The molecule has 44 heavy (non-hydrogen) atoms. The maximum absolute atomic E-state index is 6.76. The van der Waals surface area contributed by atoms with Gasteiger partial charge in [0.25, 0.3) is 34.1 Å². The Morgan fingerprint density at radius 3 is 0.864 bits per heavy atom. The molecule has 6 aromatic rings. The summed E-state index contributed by atoms with van der Waals surface area (Å²) in [6.07, 6.45) is 0. The summed E-state index contributed by atoms with van der Waals surface area (Å²) in [6.45, 7) is 0. The van der Waals surface area contributed by atoms with Crippen LogP contribution in [0.25, 0.3) is 11.1 Å². The summed E-state index contributed by atoms with van der Waals surface area (Å²) < 4.78 is 39.0. The van der Waals surface area contributed by atoms with Gasteiger partial charge in [0.05, 0.1) is 0 Å². The maximum Gasteiger partial charge on any atom is 0.279 e. The largest absolute Gasteiger partial charge is 0.444 e. The Labute approximate surface area is 249 Å². The van der Waals surface area contributed by atoms with Gasteiger partial charge in [0.2, 0.25) is 11.5 Å². The molecular weight excluding hydrogens is 556 g/mol. The highest BCUT2D eigenvalue weighted by Crippen LogP contribution is 2.70. The lowest BCUT2D eigenvalue weighted by molar-refractivity contribution is 0.387. The van der Waals surface area contributed by atoms with Crippen LogP contribution in [-0.4, -0.2) is 0 Å². The van der Waals surface area contributed by atoms with Crippen molar-refractivity contribution in [2.45, 2.75) is 0 Å². The third-order valence-electron chi connectivity index (χ3n) is 8.97. The van der Waals surface area contributed by atoms with E-state index < -0.39 is 0 Å². The molecule has 0 amide bonds. The Kier molecular flexibility index (Phi) is 3.53. The first-order chi connectivity index (χ1) is 21.8. The number of benzene rings is 6. The summed E-state index contributed by atoms with van der Waals surface area (Å²) in [4.78, 5) is 4.42.